The van der Waals surface area contributed by atoms with E-state index < -0.39 is 5.72 Å². The van der Waals surface area contributed by atoms with Crippen LogP contribution in [-0.2, 0) is 9.53 Å². The number of fused-ring (bicyclic) bond motifs is 3. The second-order valence-corrected chi connectivity index (χ2v) is 6.43. The smallest absolute Gasteiger partial charge is 0.372 e. The van der Waals surface area contributed by atoms with Crippen LogP contribution in [0, 0.1) is 0 Å². The molecule has 24 heavy (non-hydrogen) atoms. The minimum Gasteiger partial charge on any atom is -0.462 e. The van der Waals surface area contributed by atoms with E-state index in [1.54, 1.807) is 0 Å². The second kappa shape index (κ2) is 5.71. The number of hydrogen-bond acceptors (Lipinski definition) is 4. The van der Waals surface area contributed by atoms with Crippen molar-refractivity contribution in [1.29, 1.82) is 0 Å². The highest BCUT2D eigenvalue weighted by Gasteiger charge is 2.60. The number of carbonyl (C=O) groups is 1. The zero-order valence-electron chi connectivity index (χ0n) is 13.4. The molecule has 0 saturated carbocycles. The Bertz CT molecular complexity index is 794. The Morgan fingerprint density at radius 3 is 2.83 bits per heavy atom. The van der Waals surface area contributed by atoms with Gasteiger partial charge in [0.15, 0.2) is 0 Å². The molecule has 0 radical (unpaired) electrons. The quantitative estimate of drug-likeness (QED) is 0.777. The topological polar surface area (TPSA) is 38.8 Å². The Morgan fingerprint density at radius 2 is 2.04 bits per heavy atom. The molecule has 2 atom stereocenters. The Kier molecular flexibility index (Phi) is 3.65. The first-order valence-corrected chi connectivity index (χ1v) is 8.54. The summed E-state index contributed by atoms with van der Waals surface area (Å²) in [6.07, 6.45) is 1.34. The molecule has 0 spiro atoms. The molecule has 0 N–H and O–H groups in total. The molecule has 2 aliphatic heterocycles. The van der Waals surface area contributed by atoms with Gasteiger partial charge in [0, 0.05) is 11.4 Å². The van der Waals surface area contributed by atoms with Gasteiger partial charge in [0.25, 0.3) is 5.72 Å². The molecule has 0 aliphatic carbocycles. The molecule has 0 aromatic heterocycles. The average molecular weight is 344 g/mol. The largest absolute Gasteiger partial charge is 0.462 e. The first kappa shape index (κ1) is 15.3. The van der Waals surface area contributed by atoms with Crippen molar-refractivity contribution in [2.24, 2.45) is 0 Å². The Morgan fingerprint density at radius 1 is 1.29 bits per heavy atom. The maximum absolute atomic E-state index is 12.8. The lowest BCUT2D eigenvalue weighted by Crippen LogP contribution is -2.53. The fraction of sp³-hybridized carbons (Fsp3) is 0.316. The number of para-hydroxylation sites is 2. The summed E-state index contributed by atoms with van der Waals surface area (Å²) in [7, 11) is 0. The molecular formula is C19H18ClNO3. The second-order valence-electron chi connectivity index (χ2n) is 6.02. The molecule has 5 heteroatoms. The van der Waals surface area contributed by atoms with E-state index in [1.807, 2.05) is 60.4 Å². The lowest BCUT2D eigenvalue weighted by molar-refractivity contribution is -0.159. The highest BCUT2D eigenvalue weighted by atomic mass is 35.5. The van der Waals surface area contributed by atoms with E-state index >= 15 is 0 Å². The molecule has 2 aromatic carbocycles. The summed E-state index contributed by atoms with van der Waals surface area (Å²) in [6, 6.07) is 15.5. The molecule has 2 heterocycles. The van der Waals surface area contributed by atoms with Gasteiger partial charge in [-0.2, -0.15) is 0 Å². The van der Waals surface area contributed by atoms with Gasteiger partial charge in [-0.1, -0.05) is 41.9 Å². The van der Waals surface area contributed by atoms with Crippen LogP contribution >= 0.6 is 11.6 Å². The molecule has 0 unspecified atom stereocenters. The van der Waals surface area contributed by atoms with Crippen molar-refractivity contribution >= 4 is 23.3 Å². The van der Waals surface area contributed by atoms with Crippen LogP contribution in [0.1, 0.15) is 31.4 Å². The Hall–Kier alpha value is -2.20. The van der Waals surface area contributed by atoms with Gasteiger partial charge in [-0.25, -0.2) is 4.79 Å². The molecular weight excluding hydrogens is 326 g/mol. The van der Waals surface area contributed by atoms with Gasteiger partial charge >= 0.3 is 5.97 Å². The third kappa shape index (κ3) is 2.09. The van der Waals surface area contributed by atoms with Crippen molar-refractivity contribution in [3.05, 3.63) is 59.1 Å². The van der Waals surface area contributed by atoms with Crippen LogP contribution in [0.3, 0.4) is 0 Å². The molecule has 4 nitrogen and oxygen atoms in total. The molecule has 1 fully saturated rings. The van der Waals surface area contributed by atoms with Crippen molar-refractivity contribution in [1.82, 2.24) is 0 Å². The normalized spacial score (nSPS) is 24.2. The fourth-order valence-corrected chi connectivity index (χ4v) is 4.01. The van der Waals surface area contributed by atoms with Crippen LogP contribution in [-0.4, -0.2) is 18.3 Å². The molecule has 4 rings (SSSR count). The van der Waals surface area contributed by atoms with Crippen LogP contribution in [0.4, 0.5) is 5.69 Å². The minimum absolute atomic E-state index is 0.0215. The van der Waals surface area contributed by atoms with Crippen LogP contribution < -0.4 is 9.64 Å². The van der Waals surface area contributed by atoms with E-state index in [2.05, 4.69) is 0 Å². The van der Waals surface area contributed by atoms with Crippen LogP contribution in [0.25, 0.3) is 0 Å². The molecule has 1 saturated heterocycles. The number of rotatable bonds is 3. The molecule has 0 bridgehead atoms. The number of carbonyl (C=O) groups excluding carboxylic acids is 1. The van der Waals surface area contributed by atoms with Crippen LogP contribution in [0.15, 0.2) is 48.5 Å². The van der Waals surface area contributed by atoms with Crippen molar-refractivity contribution in [3.63, 3.8) is 0 Å². The molecule has 0 amide bonds. The van der Waals surface area contributed by atoms with Crippen molar-refractivity contribution in [2.75, 3.05) is 11.5 Å². The average Bonchev–Trinajstić information content (AvgIpc) is 3.11. The molecule has 124 valence electrons. The summed E-state index contributed by atoms with van der Waals surface area (Å²) in [5.41, 5.74) is 0.822. The number of halogens is 1. The predicted octanol–water partition coefficient (Wildman–Crippen LogP) is 4.33. The van der Waals surface area contributed by atoms with Crippen LogP contribution in [0.2, 0.25) is 5.02 Å². The van der Waals surface area contributed by atoms with Gasteiger partial charge in [-0.05, 0) is 37.1 Å². The van der Waals surface area contributed by atoms with E-state index in [0.29, 0.717) is 23.8 Å². The van der Waals surface area contributed by atoms with Gasteiger partial charge in [0.2, 0.25) is 0 Å². The van der Waals surface area contributed by atoms with Gasteiger partial charge in [0.1, 0.15) is 5.75 Å². The van der Waals surface area contributed by atoms with Crippen molar-refractivity contribution in [2.45, 2.75) is 31.5 Å². The highest BCUT2D eigenvalue weighted by Crippen LogP contribution is 2.55. The summed E-state index contributed by atoms with van der Waals surface area (Å²) in [5.74, 6) is 0.373. The summed E-state index contributed by atoms with van der Waals surface area (Å²) >= 11 is 6.42. The van der Waals surface area contributed by atoms with Gasteiger partial charge in [-0.3, -0.25) is 0 Å². The van der Waals surface area contributed by atoms with Crippen molar-refractivity contribution < 1.29 is 14.3 Å². The summed E-state index contributed by atoms with van der Waals surface area (Å²) in [6.45, 7) is 2.13. The number of benzene rings is 2. The summed E-state index contributed by atoms with van der Waals surface area (Å²) < 4.78 is 11.5. The number of anilines is 1. The predicted molar refractivity (Wildman–Crippen MR) is 92.3 cm³/mol. The highest BCUT2D eigenvalue weighted by molar-refractivity contribution is 6.31. The van der Waals surface area contributed by atoms with E-state index in [4.69, 9.17) is 21.1 Å². The first-order valence-electron chi connectivity index (χ1n) is 8.16. The van der Waals surface area contributed by atoms with E-state index in [-0.39, 0.29) is 12.0 Å². The monoisotopic (exact) mass is 343 g/mol. The molecule has 2 aromatic rings. The van der Waals surface area contributed by atoms with E-state index in [0.717, 1.165) is 17.7 Å². The Balaban J connectivity index is 1.83. The number of nitrogens with zero attached hydrogens (tertiary/aromatic N) is 1. The van der Waals surface area contributed by atoms with Crippen molar-refractivity contribution in [3.8, 4) is 5.75 Å². The standard InChI is InChI=1S/C19H18ClNO3/c1-2-23-18(22)19-12-11-15(13-7-3-4-8-14(13)20)21(19)16-9-5-6-10-17(16)24-19/h3-10,15H,2,11-12H2,1H3/t15-,19-/m1/s1. The fourth-order valence-electron chi connectivity index (χ4n) is 3.75. The zero-order chi connectivity index (χ0) is 16.7. The maximum atomic E-state index is 12.8. The van der Waals surface area contributed by atoms with E-state index in [9.17, 15) is 4.79 Å². The van der Waals surface area contributed by atoms with E-state index in [1.165, 1.54) is 0 Å². The third-order valence-electron chi connectivity index (χ3n) is 4.72. The summed E-state index contributed by atoms with van der Waals surface area (Å²) in [4.78, 5) is 14.8. The number of hydrogen-bond donors (Lipinski definition) is 0. The SMILES string of the molecule is CCOC(=O)[C@]12CC[C@H](c3ccccc3Cl)N1c1ccccc1O2. The lowest BCUT2D eigenvalue weighted by atomic mass is 10.0. The number of esters is 1. The third-order valence-corrected chi connectivity index (χ3v) is 5.06. The molecule has 2 aliphatic rings. The first-order chi connectivity index (χ1) is 11.7. The Labute approximate surface area is 145 Å². The maximum Gasteiger partial charge on any atom is 0.372 e. The summed E-state index contributed by atoms with van der Waals surface area (Å²) in [5, 5.41) is 0.700. The zero-order valence-corrected chi connectivity index (χ0v) is 14.1. The van der Waals surface area contributed by atoms with Gasteiger partial charge < -0.3 is 14.4 Å². The van der Waals surface area contributed by atoms with Crippen LogP contribution in [0.5, 0.6) is 5.75 Å². The minimum atomic E-state index is -1.09. The number of ether oxygens (including phenoxy) is 2. The lowest BCUT2D eigenvalue weighted by Gasteiger charge is -2.33. The van der Waals surface area contributed by atoms with Gasteiger partial charge in [0.05, 0.1) is 18.3 Å². The van der Waals surface area contributed by atoms with Gasteiger partial charge in [-0.15, -0.1) is 0 Å².